The second-order valence-corrected chi connectivity index (χ2v) is 10.1. The van der Waals surface area contributed by atoms with Crippen LogP contribution < -0.4 is 4.74 Å². The Kier molecular flexibility index (Phi) is 11.3. The number of benzene rings is 3. The largest absolute Gasteiger partial charge is 0.493 e. The molecule has 3 aromatic carbocycles. The average molecular weight is 539 g/mol. The predicted molar refractivity (Wildman–Crippen MR) is 154 cm³/mol. The van der Waals surface area contributed by atoms with Crippen LogP contribution in [0.4, 0.5) is 0 Å². The lowest BCUT2D eigenvalue weighted by Gasteiger charge is -2.32. The van der Waals surface area contributed by atoms with Crippen LogP contribution in [-0.2, 0) is 26.1 Å². The molecule has 0 bridgehead atoms. The first-order valence-electron chi connectivity index (χ1n) is 13.0. The average Bonchev–Trinajstić information content (AvgIpc) is 3.10. The lowest BCUT2D eigenvalue weighted by atomic mass is 9.97. The molecule has 0 aliphatic carbocycles. The number of hydrogen-bond acceptors (Lipinski definition) is 4. The molecule has 0 saturated carbocycles. The van der Waals surface area contributed by atoms with E-state index >= 15 is 0 Å². The highest BCUT2D eigenvalue weighted by Gasteiger charge is 2.21. The number of aryl methyl sites for hydroxylation is 1. The highest BCUT2D eigenvalue weighted by molar-refractivity contribution is 5.85. The van der Waals surface area contributed by atoms with Crippen LogP contribution in [0.2, 0.25) is 0 Å². The summed E-state index contributed by atoms with van der Waals surface area (Å²) in [5.41, 5.74) is 6.29. The van der Waals surface area contributed by atoms with Crippen LogP contribution in [0.1, 0.15) is 47.1 Å². The Balaban J connectivity index is 0.00000190. The third kappa shape index (κ3) is 8.22. The highest BCUT2D eigenvalue weighted by atomic mass is 35.5. The fraction of sp³-hybridized carbons (Fsp3) is 0.387. The van der Waals surface area contributed by atoms with E-state index in [0.717, 1.165) is 63.6 Å². The van der Waals surface area contributed by atoms with Crippen LogP contribution >= 0.6 is 24.8 Å². The van der Waals surface area contributed by atoms with Crippen LogP contribution in [0, 0.1) is 17.2 Å². The van der Waals surface area contributed by atoms with Gasteiger partial charge < -0.3 is 4.74 Å². The van der Waals surface area contributed by atoms with Crippen LogP contribution in [0.3, 0.4) is 0 Å². The first-order chi connectivity index (χ1) is 17.2. The lowest BCUT2D eigenvalue weighted by molar-refractivity contribution is 0.136. The molecule has 0 amide bonds. The molecular formula is C31H37Cl2N3O. The number of nitrogens with zero attached hydrogens (tertiary/aromatic N) is 3. The Morgan fingerprint density at radius 1 is 0.784 bits per heavy atom. The van der Waals surface area contributed by atoms with E-state index in [9.17, 15) is 0 Å². The summed E-state index contributed by atoms with van der Waals surface area (Å²) < 4.78 is 6.32. The van der Waals surface area contributed by atoms with Gasteiger partial charge in [-0.05, 0) is 97.8 Å². The van der Waals surface area contributed by atoms with Crippen molar-refractivity contribution in [3.63, 3.8) is 0 Å². The highest BCUT2D eigenvalue weighted by Crippen LogP contribution is 2.26. The minimum absolute atomic E-state index is 0. The molecule has 6 heteroatoms. The maximum absolute atomic E-state index is 8.97. The van der Waals surface area contributed by atoms with Gasteiger partial charge in [-0.3, -0.25) is 9.80 Å². The summed E-state index contributed by atoms with van der Waals surface area (Å²) >= 11 is 0. The Morgan fingerprint density at radius 2 is 1.49 bits per heavy atom. The number of ether oxygens (including phenoxy) is 1. The van der Waals surface area contributed by atoms with Crippen molar-refractivity contribution < 1.29 is 4.74 Å². The maximum Gasteiger partial charge on any atom is 0.119 e. The smallest absolute Gasteiger partial charge is 0.119 e. The summed E-state index contributed by atoms with van der Waals surface area (Å²) in [5.74, 6) is 1.63. The topological polar surface area (TPSA) is 39.5 Å². The quantitative estimate of drug-likeness (QED) is 0.338. The molecule has 4 nitrogen and oxygen atoms in total. The monoisotopic (exact) mass is 537 g/mol. The van der Waals surface area contributed by atoms with Gasteiger partial charge in [0.1, 0.15) is 5.75 Å². The zero-order valence-electron chi connectivity index (χ0n) is 21.4. The number of rotatable bonds is 7. The molecule has 1 fully saturated rings. The molecule has 0 N–H and O–H groups in total. The summed E-state index contributed by atoms with van der Waals surface area (Å²) in [5, 5.41) is 8.97. The molecule has 2 heterocycles. The number of likely N-dealkylation sites (tertiary alicyclic amines) is 1. The van der Waals surface area contributed by atoms with Crippen molar-refractivity contribution in [1.82, 2.24) is 9.80 Å². The molecular weight excluding hydrogens is 501 g/mol. The Labute approximate surface area is 234 Å². The van der Waals surface area contributed by atoms with Gasteiger partial charge in [0.25, 0.3) is 0 Å². The van der Waals surface area contributed by atoms with Crippen molar-refractivity contribution >= 4 is 24.8 Å². The number of piperidine rings is 1. The summed E-state index contributed by atoms with van der Waals surface area (Å²) in [6.45, 7) is 7.11. The van der Waals surface area contributed by atoms with Crippen LogP contribution in [0.15, 0.2) is 72.8 Å². The molecule has 2 aliphatic rings. The number of fused-ring (bicyclic) bond motifs is 1. The van der Waals surface area contributed by atoms with E-state index in [1.54, 1.807) is 0 Å². The van der Waals surface area contributed by atoms with E-state index in [1.165, 1.54) is 41.5 Å². The summed E-state index contributed by atoms with van der Waals surface area (Å²) in [6, 6.07) is 27.7. The Hall–Kier alpha value is -2.55. The van der Waals surface area contributed by atoms with Crippen molar-refractivity contribution in [2.45, 2.75) is 45.3 Å². The van der Waals surface area contributed by atoms with E-state index in [4.69, 9.17) is 10.00 Å². The molecule has 0 aromatic heterocycles. The van der Waals surface area contributed by atoms with Crippen LogP contribution in [0.25, 0.3) is 0 Å². The molecule has 0 radical (unpaired) electrons. The zero-order valence-corrected chi connectivity index (χ0v) is 23.0. The van der Waals surface area contributed by atoms with E-state index < -0.39 is 0 Å². The number of nitriles is 1. The van der Waals surface area contributed by atoms with E-state index in [-0.39, 0.29) is 24.8 Å². The molecule has 37 heavy (non-hydrogen) atoms. The van der Waals surface area contributed by atoms with Gasteiger partial charge in [-0.1, -0.05) is 48.5 Å². The van der Waals surface area contributed by atoms with Gasteiger partial charge in [0.15, 0.2) is 0 Å². The number of halogens is 2. The second kappa shape index (κ2) is 14.4. The predicted octanol–water partition coefficient (Wildman–Crippen LogP) is 6.64. The van der Waals surface area contributed by atoms with Crippen molar-refractivity contribution in [2.24, 2.45) is 5.92 Å². The minimum Gasteiger partial charge on any atom is -0.493 e. The molecule has 1 saturated heterocycles. The zero-order chi connectivity index (χ0) is 23.9. The van der Waals surface area contributed by atoms with Gasteiger partial charge >= 0.3 is 0 Å². The van der Waals surface area contributed by atoms with E-state index in [0.29, 0.717) is 5.92 Å². The van der Waals surface area contributed by atoms with Crippen molar-refractivity contribution in [2.75, 3.05) is 26.2 Å². The normalized spacial score (nSPS) is 16.4. The van der Waals surface area contributed by atoms with E-state index in [1.807, 2.05) is 12.1 Å². The summed E-state index contributed by atoms with van der Waals surface area (Å²) in [4.78, 5) is 5.08. The molecule has 2 aliphatic heterocycles. The van der Waals surface area contributed by atoms with Crippen molar-refractivity contribution in [3.8, 4) is 11.8 Å². The van der Waals surface area contributed by atoms with Gasteiger partial charge in [-0.25, -0.2) is 0 Å². The van der Waals surface area contributed by atoms with Gasteiger partial charge in [-0.15, -0.1) is 24.8 Å². The maximum atomic E-state index is 8.97. The molecule has 0 unspecified atom stereocenters. The van der Waals surface area contributed by atoms with Gasteiger partial charge in [-0.2, -0.15) is 5.26 Å². The second-order valence-electron chi connectivity index (χ2n) is 10.1. The first-order valence-corrected chi connectivity index (χ1v) is 13.0. The van der Waals surface area contributed by atoms with Crippen molar-refractivity contribution in [1.29, 1.82) is 5.26 Å². The molecule has 5 rings (SSSR count). The number of hydrogen-bond donors (Lipinski definition) is 0. The van der Waals surface area contributed by atoms with Crippen molar-refractivity contribution in [3.05, 3.63) is 101 Å². The Bertz CT molecular complexity index is 1140. The summed E-state index contributed by atoms with van der Waals surface area (Å²) in [6.07, 6.45) is 4.71. The SMILES string of the molecule is Cl.Cl.N#Cc1ccc(CN2CCC(COc3ccc4c(c3)CN(Cc3ccccc3)CCC4)CC2)cc1. The van der Waals surface area contributed by atoms with Gasteiger partial charge in [0, 0.05) is 19.6 Å². The van der Waals surface area contributed by atoms with Crippen LogP contribution in [0.5, 0.6) is 5.75 Å². The van der Waals surface area contributed by atoms with Crippen LogP contribution in [-0.4, -0.2) is 36.0 Å². The fourth-order valence-electron chi connectivity index (χ4n) is 5.34. The lowest BCUT2D eigenvalue weighted by Crippen LogP contribution is -2.35. The van der Waals surface area contributed by atoms with E-state index in [2.05, 4.69) is 76.5 Å². The van der Waals surface area contributed by atoms with Gasteiger partial charge in [0.2, 0.25) is 0 Å². The summed E-state index contributed by atoms with van der Waals surface area (Å²) in [7, 11) is 0. The third-order valence-corrected chi connectivity index (χ3v) is 7.42. The third-order valence-electron chi connectivity index (χ3n) is 7.42. The molecule has 196 valence electrons. The first kappa shape index (κ1) is 29.0. The molecule has 0 atom stereocenters. The molecule has 0 spiro atoms. The van der Waals surface area contributed by atoms with Gasteiger partial charge in [0.05, 0.1) is 18.2 Å². The fourth-order valence-corrected chi connectivity index (χ4v) is 5.34. The Morgan fingerprint density at radius 3 is 2.22 bits per heavy atom. The molecule has 3 aromatic rings. The standard InChI is InChI=1S/C31H35N3O.2ClH/c32-20-25-8-10-27(11-9-25)21-33-17-14-28(15-18-33)24-35-31-13-12-29-7-4-16-34(23-30(29)19-31)22-26-5-2-1-3-6-26;;/h1-3,5-6,8-13,19,28H,4,7,14-18,21-24H2;2*1H. The minimum atomic E-state index is 0.